The highest BCUT2D eigenvalue weighted by Crippen LogP contribution is 2.24. The number of benzene rings is 1. The van der Waals surface area contributed by atoms with E-state index in [0.717, 1.165) is 25.7 Å². The number of carbonyl (C=O) groups is 3. The molecule has 2 atom stereocenters. The normalized spacial score (nSPS) is 24.0. The van der Waals surface area contributed by atoms with Crippen LogP contribution in [-0.2, 0) is 4.79 Å². The first-order valence-electron chi connectivity index (χ1n) is 8.20. The summed E-state index contributed by atoms with van der Waals surface area (Å²) in [4.78, 5) is 36.5. The molecule has 4 amide bonds. The van der Waals surface area contributed by atoms with E-state index in [4.69, 9.17) is 0 Å². The molecule has 1 heterocycles. The van der Waals surface area contributed by atoms with Crippen molar-refractivity contribution in [3.05, 3.63) is 29.8 Å². The second-order valence-electron chi connectivity index (χ2n) is 6.37. The van der Waals surface area contributed by atoms with Gasteiger partial charge in [0.2, 0.25) is 5.91 Å². The Hall–Kier alpha value is -2.41. The van der Waals surface area contributed by atoms with Gasteiger partial charge in [-0.05, 0) is 49.4 Å². The molecule has 0 aromatic heterocycles. The number of imide groups is 1. The van der Waals surface area contributed by atoms with Gasteiger partial charge in [-0.3, -0.25) is 19.8 Å². The first-order valence-corrected chi connectivity index (χ1v) is 8.20. The Bertz CT molecular complexity index is 644. The van der Waals surface area contributed by atoms with Crippen LogP contribution in [0.5, 0.6) is 0 Å². The molecule has 1 saturated heterocycles. The molecule has 2 aliphatic rings. The maximum atomic E-state index is 12.3. The summed E-state index contributed by atoms with van der Waals surface area (Å²) >= 11 is 0. The first-order chi connectivity index (χ1) is 11.6. The summed E-state index contributed by atoms with van der Waals surface area (Å²) in [5, 5.41) is 14.5. The van der Waals surface area contributed by atoms with Gasteiger partial charge in [-0.25, -0.2) is 4.79 Å². The number of aliphatic hydroxyl groups excluding tert-OH is 1. The Kier molecular flexibility index (Phi) is 4.80. The Morgan fingerprint density at radius 2 is 2.00 bits per heavy atom. The smallest absolute Gasteiger partial charge is 0.329 e. The molecule has 128 valence electrons. The molecule has 7 nitrogen and oxygen atoms in total. The van der Waals surface area contributed by atoms with Crippen LogP contribution in [0.1, 0.15) is 36.0 Å². The van der Waals surface area contributed by atoms with Crippen molar-refractivity contribution in [2.45, 2.75) is 31.7 Å². The molecule has 0 bridgehead atoms. The topological polar surface area (TPSA) is 98.7 Å². The monoisotopic (exact) mass is 331 g/mol. The van der Waals surface area contributed by atoms with Gasteiger partial charge in [0.05, 0.1) is 0 Å². The second kappa shape index (κ2) is 7.00. The average molecular weight is 331 g/mol. The third-order valence-corrected chi connectivity index (χ3v) is 4.61. The molecule has 24 heavy (non-hydrogen) atoms. The molecule has 0 spiro atoms. The molecule has 7 heteroatoms. The average Bonchev–Trinajstić information content (AvgIpc) is 2.93. The Balaban J connectivity index is 1.62. The fraction of sp³-hybridized carbons (Fsp3) is 0.471. The summed E-state index contributed by atoms with van der Waals surface area (Å²) in [5.74, 6) is -0.234. The van der Waals surface area contributed by atoms with Crippen molar-refractivity contribution in [2.24, 2.45) is 5.92 Å². The number of rotatable bonds is 4. The molecule has 1 aromatic carbocycles. The van der Waals surface area contributed by atoms with Gasteiger partial charge in [-0.2, -0.15) is 0 Å². The van der Waals surface area contributed by atoms with Crippen LogP contribution >= 0.6 is 0 Å². The van der Waals surface area contributed by atoms with Crippen molar-refractivity contribution in [2.75, 3.05) is 18.1 Å². The van der Waals surface area contributed by atoms with Crippen LogP contribution in [0.2, 0.25) is 0 Å². The van der Waals surface area contributed by atoms with Crippen LogP contribution < -0.4 is 15.5 Å². The zero-order chi connectivity index (χ0) is 17.1. The summed E-state index contributed by atoms with van der Waals surface area (Å²) in [5.41, 5.74) is 1.09. The number of carbonyl (C=O) groups excluding carboxylic acids is 3. The fourth-order valence-corrected chi connectivity index (χ4v) is 3.30. The third kappa shape index (κ3) is 3.56. The number of urea groups is 1. The predicted octanol–water partition coefficient (Wildman–Crippen LogP) is 1.02. The summed E-state index contributed by atoms with van der Waals surface area (Å²) in [6.45, 7) is 0.159. The van der Waals surface area contributed by atoms with Crippen molar-refractivity contribution in [1.29, 1.82) is 0 Å². The van der Waals surface area contributed by atoms with Gasteiger partial charge in [0, 0.05) is 23.9 Å². The molecule has 3 rings (SSSR count). The molecular weight excluding hydrogens is 310 g/mol. The summed E-state index contributed by atoms with van der Waals surface area (Å²) in [7, 11) is 0. The minimum atomic E-state index is -0.450. The van der Waals surface area contributed by atoms with Crippen molar-refractivity contribution in [1.82, 2.24) is 10.6 Å². The number of amides is 4. The lowest BCUT2D eigenvalue weighted by Crippen LogP contribution is -2.39. The van der Waals surface area contributed by atoms with Crippen LogP contribution in [0.3, 0.4) is 0 Å². The third-order valence-electron chi connectivity index (χ3n) is 4.61. The molecular formula is C17H21N3O4. The van der Waals surface area contributed by atoms with Gasteiger partial charge >= 0.3 is 6.03 Å². The van der Waals surface area contributed by atoms with Gasteiger partial charge in [-0.1, -0.05) is 6.42 Å². The Morgan fingerprint density at radius 1 is 1.25 bits per heavy atom. The fourth-order valence-electron chi connectivity index (χ4n) is 3.30. The largest absolute Gasteiger partial charge is 0.396 e. The zero-order valence-electron chi connectivity index (χ0n) is 13.3. The minimum Gasteiger partial charge on any atom is -0.396 e. The second-order valence-corrected chi connectivity index (χ2v) is 6.37. The van der Waals surface area contributed by atoms with Gasteiger partial charge in [0.1, 0.15) is 6.54 Å². The van der Waals surface area contributed by atoms with Crippen LogP contribution in [-0.4, -0.2) is 42.1 Å². The highest BCUT2D eigenvalue weighted by Gasteiger charge is 2.28. The molecule has 0 radical (unpaired) electrons. The molecule has 0 unspecified atom stereocenters. The maximum Gasteiger partial charge on any atom is 0.329 e. The Morgan fingerprint density at radius 3 is 2.62 bits per heavy atom. The number of hydrogen-bond acceptors (Lipinski definition) is 4. The zero-order valence-corrected chi connectivity index (χ0v) is 13.3. The van der Waals surface area contributed by atoms with Crippen molar-refractivity contribution in [3.63, 3.8) is 0 Å². The summed E-state index contributed by atoms with van der Waals surface area (Å²) in [6.07, 6.45) is 3.74. The summed E-state index contributed by atoms with van der Waals surface area (Å²) in [6, 6.07) is 6.24. The SMILES string of the molecule is O=C1CN(c2ccc(C(=O)N[C@@H]3CCC[C@@H](CO)C3)cc2)C(=O)N1. The molecule has 1 saturated carbocycles. The lowest BCUT2D eigenvalue weighted by Gasteiger charge is -2.28. The van der Waals surface area contributed by atoms with E-state index in [-0.39, 0.29) is 36.9 Å². The number of aliphatic hydroxyl groups is 1. The summed E-state index contributed by atoms with van der Waals surface area (Å²) < 4.78 is 0. The van der Waals surface area contributed by atoms with Crippen molar-refractivity contribution in [3.8, 4) is 0 Å². The lowest BCUT2D eigenvalue weighted by atomic mass is 9.86. The predicted molar refractivity (Wildman–Crippen MR) is 87.6 cm³/mol. The Labute approximate surface area is 140 Å². The van der Waals surface area contributed by atoms with Crippen molar-refractivity contribution >= 4 is 23.5 Å². The molecule has 3 N–H and O–H groups in total. The first kappa shape index (κ1) is 16.4. The molecule has 1 aliphatic carbocycles. The van der Waals surface area contributed by atoms with Crippen molar-refractivity contribution < 1.29 is 19.5 Å². The number of anilines is 1. The van der Waals surface area contributed by atoms with E-state index in [1.54, 1.807) is 24.3 Å². The van der Waals surface area contributed by atoms with Crippen LogP contribution in [0.25, 0.3) is 0 Å². The number of nitrogens with zero attached hydrogens (tertiary/aromatic N) is 1. The molecule has 2 fully saturated rings. The maximum absolute atomic E-state index is 12.3. The highest BCUT2D eigenvalue weighted by molar-refractivity contribution is 6.12. The number of nitrogens with one attached hydrogen (secondary N) is 2. The van der Waals surface area contributed by atoms with E-state index < -0.39 is 6.03 Å². The molecule has 1 aliphatic heterocycles. The van der Waals surface area contributed by atoms with E-state index in [1.807, 2.05) is 0 Å². The van der Waals surface area contributed by atoms with Gasteiger partial charge < -0.3 is 10.4 Å². The highest BCUT2D eigenvalue weighted by atomic mass is 16.3. The lowest BCUT2D eigenvalue weighted by molar-refractivity contribution is -0.117. The quantitative estimate of drug-likeness (QED) is 0.718. The minimum absolute atomic E-state index is 0.00496. The van der Waals surface area contributed by atoms with E-state index in [9.17, 15) is 19.5 Å². The van der Waals surface area contributed by atoms with Crippen LogP contribution in [0.4, 0.5) is 10.5 Å². The van der Waals surface area contributed by atoms with E-state index in [1.165, 1.54) is 4.90 Å². The molecule has 1 aromatic rings. The van der Waals surface area contributed by atoms with Gasteiger partial charge in [-0.15, -0.1) is 0 Å². The van der Waals surface area contributed by atoms with E-state index in [0.29, 0.717) is 11.3 Å². The van der Waals surface area contributed by atoms with Gasteiger partial charge in [0.25, 0.3) is 5.91 Å². The van der Waals surface area contributed by atoms with Gasteiger partial charge in [0.15, 0.2) is 0 Å². The standard InChI is InChI=1S/C17H21N3O4/c21-10-11-2-1-3-13(8-11)18-16(23)12-4-6-14(7-5-12)20-9-15(22)19-17(20)24/h4-7,11,13,21H,1-3,8-10H2,(H,18,23)(H,19,22,24)/t11-,13-/m1/s1. The van der Waals surface area contributed by atoms with Crippen LogP contribution in [0.15, 0.2) is 24.3 Å². The van der Waals surface area contributed by atoms with E-state index in [2.05, 4.69) is 10.6 Å². The number of hydrogen-bond donors (Lipinski definition) is 3. The van der Waals surface area contributed by atoms with Crippen LogP contribution in [0, 0.1) is 5.92 Å². The van der Waals surface area contributed by atoms with E-state index >= 15 is 0 Å².